The van der Waals surface area contributed by atoms with Crippen LogP contribution in [-0.2, 0) is 10.0 Å². The molecule has 0 unspecified atom stereocenters. The Morgan fingerprint density at radius 1 is 0.950 bits per heavy atom. The molecule has 5 aromatic rings. The molecule has 5 rings (SSSR count). The van der Waals surface area contributed by atoms with Crippen molar-refractivity contribution in [3.8, 4) is 22.9 Å². The monoisotopic (exact) mass is 554 g/mol. The number of carbonyl (C=O) groups excluding carboxylic acids is 1. The van der Waals surface area contributed by atoms with Gasteiger partial charge in [-0.05, 0) is 67.3 Å². The molecule has 0 aliphatic carbocycles. The Morgan fingerprint density at radius 3 is 2.52 bits per heavy atom. The van der Waals surface area contributed by atoms with Gasteiger partial charge >= 0.3 is 0 Å². The zero-order chi connectivity index (χ0) is 28.1. The first-order chi connectivity index (χ1) is 19.4. The van der Waals surface area contributed by atoms with E-state index in [0.29, 0.717) is 40.2 Å². The van der Waals surface area contributed by atoms with E-state index in [1.54, 1.807) is 6.07 Å². The van der Waals surface area contributed by atoms with Gasteiger partial charge in [0.1, 0.15) is 5.75 Å². The second kappa shape index (κ2) is 11.4. The van der Waals surface area contributed by atoms with Crippen molar-refractivity contribution in [2.45, 2.75) is 11.8 Å². The number of amides is 1. The van der Waals surface area contributed by atoms with E-state index in [0.717, 1.165) is 11.9 Å². The first-order valence-electron chi connectivity index (χ1n) is 12.2. The fourth-order valence-corrected chi connectivity index (χ4v) is 4.93. The van der Waals surface area contributed by atoms with Gasteiger partial charge in [0.2, 0.25) is 15.9 Å². The van der Waals surface area contributed by atoms with Crippen LogP contribution in [0.1, 0.15) is 17.3 Å². The molecule has 0 aliphatic heterocycles. The highest BCUT2D eigenvalue weighted by atomic mass is 32.2. The average Bonchev–Trinajstić information content (AvgIpc) is 2.97. The molecule has 0 saturated heterocycles. The Balaban J connectivity index is 1.40. The van der Waals surface area contributed by atoms with Gasteiger partial charge < -0.3 is 24.5 Å². The largest absolute Gasteiger partial charge is 0.494 e. The minimum Gasteiger partial charge on any atom is -0.494 e. The summed E-state index contributed by atoms with van der Waals surface area (Å²) >= 11 is 0. The van der Waals surface area contributed by atoms with Crippen LogP contribution in [0.25, 0.3) is 26.9 Å². The zero-order valence-electron chi connectivity index (χ0n) is 21.6. The van der Waals surface area contributed by atoms with Crippen LogP contribution in [0.4, 0.5) is 11.5 Å². The molecule has 1 N–H and O–H groups in total. The van der Waals surface area contributed by atoms with Gasteiger partial charge in [-0.3, -0.25) is 4.79 Å². The van der Waals surface area contributed by atoms with Crippen LogP contribution >= 0.6 is 0 Å². The smallest absolute Gasteiger partial charge is 0.256 e. The Hall–Kier alpha value is -5.03. The van der Waals surface area contributed by atoms with Crippen LogP contribution in [0.5, 0.6) is 11.6 Å². The van der Waals surface area contributed by atoms with Gasteiger partial charge in [-0.25, -0.2) is 18.4 Å². The summed E-state index contributed by atoms with van der Waals surface area (Å²) < 4.78 is 39.9. The average molecular weight is 555 g/mol. The molecule has 202 valence electrons. The topological polar surface area (TPSA) is 134 Å². The summed E-state index contributed by atoms with van der Waals surface area (Å²) in [6, 6.07) is 23.7. The minimum absolute atomic E-state index is 0.0589. The van der Waals surface area contributed by atoms with Crippen LogP contribution in [0.15, 0.2) is 96.2 Å². The lowest BCUT2D eigenvalue weighted by Gasteiger charge is -2.16. The summed E-state index contributed by atoms with van der Waals surface area (Å²) in [6.45, 7) is 2.45. The molecule has 0 atom stereocenters. The Labute approximate surface area is 231 Å². The number of ether oxygens (including phenoxy) is 2. The van der Waals surface area contributed by atoms with Gasteiger partial charge in [0.25, 0.3) is 5.91 Å². The van der Waals surface area contributed by atoms with Gasteiger partial charge in [0, 0.05) is 23.0 Å². The second-order valence-corrected chi connectivity index (χ2v) is 10.1. The molecule has 0 spiro atoms. The van der Waals surface area contributed by atoms with Crippen molar-refractivity contribution < 1.29 is 22.7 Å². The third kappa shape index (κ3) is 5.84. The number of hydrogen-bond acceptors (Lipinski definition) is 8. The third-order valence-corrected chi connectivity index (χ3v) is 7.16. The van der Waals surface area contributed by atoms with Crippen molar-refractivity contribution in [2.75, 3.05) is 19.0 Å². The number of sulfonamides is 1. The number of benzene rings is 3. The quantitative estimate of drug-likeness (QED) is 0.244. The molecule has 0 saturated carbocycles. The number of carbonyl (C=O) groups is 1. The maximum Gasteiger partial charge on any atom is 0.256 e. The minimum atomic E-state index is -4.06. The number of pyridine rings is 1. The van der Waals surface area contributed by atoms with Crippen molar-refractivity contribution in [1.29, 1.82) is 0 Å². The van der Waals surface area contributed by atoms with Crippen LogP contribution < -0.4 is 14.8 Å². The molecule has 11 heteroatoms. The lowest BCUT2D eigenvalue weighted by atomic mass is 10.0. The summed E-state index contributed by atoms with van der Waals surface area (Å²) in [4.78, 5) is 25.8. The molecule has 2 heterocycles. The lowest BCUT2D eigenvalue weighted by Crippen LogP contribution is -2.13. The number of anilines is 1. The van der Waals surface area contributed by atoms with Crippen LogP contribution in [0.2, 0.25) is 0 Å². The molecule has 10 nitrogen and oxygen atoms in total. The molecule has 0 radical (unpaired) electrons. The summed E-state index contributed by atoms with van der Waals surface area (Å²) in [5.41, 5.74) is 2.93. The molecule has 40 heavy (non-hydrogen) atoms. The van der Waals surface area contributed by atoms with Crippen LogP contribution in [0.3, 0.4) is 0 Å². The molecule has 3 aromatic carbocycles. The molecule has 0 aliphatic rings. The SMILES string of the molecule is CCOc1cccc(-c2cc(C(=O)Nc3ccc(S(=O)(=O)[N-]c4cc(OC)ncn4)cc3)c3ccccc3n2)c1. The van der Waals surface area contributed by atoms with E-state index < -0.39 is 10.0 Å². The normalized spacial score (nSPS) is 11.2. The van der Waals surface area contributed by atoms with Gasteiger partial charge in [-0.15, -0.1) is 0 Å². The number of aromatic nitrogens is 3. The summed E-state index contributed by atoms with van der Waals surface area (Å²) in [6.07, 6.45) is 1.16. The zero-order valence-corrected chi connectivity index (χ0v) is 22.4. The number of nitrogens with zero attached hydrogens (tertiary/aromatic N) is 4. The first kappa shape index (κ1) is 26.6. The molecular weight excluding hydrogens is 530 g/mol. The molecule has 1 amide bonds. The Kier molecular flexibility index (Phi) is 7.56. The predicted octanol–water partition coefficient (Wildman–Crippen LogP) is 5.75. The van der Waals surface area contributed by atoms with E-state index >= 15 is 0 Å². The number of fused-ring (bicyclic) bond motifs is 1. The second-order valence-electron chi connectivity index (χ2n) is 8.50. The lowest BCUT2D eigenvalue weighted by molar-refractivity contribution is 0.102. The van der Waals surface area contributed by atoms with E-state index in [4.69, 9.17) is 14.5 Å². The van der Waals surface area contributed by atoms with E-state index in [1.807, 2.05) is 55.5 Å². The van der Waals surface area contributed by atoms with Crippen molar-refractivity contribution in [3.63, 3.8) is 0 Å². The maximum atomic E-state index is 13.4. The number of rotatable bonds is 9. The maximum absolute atomic E-state index is 13.4. The van der Waals surface area contributed by atoms with Gasteiger partial charge in [-0.1, -0.05) is 30.3 Å². The summed E-state index contributed by atoms with van der Waals surface area (Å²) in [5.74, 6) is 0.475. The summed E-state index contributed by atoms with van der Waals surface area (Å²) in [5, 5.41) is 3.53. The Morgan fingerprint density at radius 2 is 1.75 bits per heavy atom. The third-order valence-electron chi connectivity index (χ3n) is 5.86. The first-order valence-corrected chi connectivity index (χ1v) is 13.7. The number of methoxy groups -OCH3 is 1. The van der Waals surface area contributed by atoms with E-state index in [1.165, 1.54) is 37.4 Å². The Bertz CT molecular complexity index is 1790. The van der Waals surface area contributed by atoms with E-state index in [9.17, 15) is 13.2 Å². The van der Waals surface area contributed by atoms with Crippen molar-refractivity contribution in [3.05, 3.63) is 102 Å². The number of para-hydroxylation sites is 1. The molecule has 2 aromatic heterocycles. The highest BCUT2D eigenvalue weighted by Crippen LogP contribution is 2.30. The fraction of sp³-hybridized carbons (Fsp3) is 0.103. The molecular formula is C29H24N5O5S-. The van der Waals surface area contributed by atoms with E-state index in [2.05, 4.69) is 20.0 Å². The predicted molar refractivity (Wildman–Crippen MR) is 152 cm³/mol. The highest BCUT2D eigenvalue weighted by Gasteiger charge is 2.16. The van der Waals surface area contributed by atoms with Gasteiger partial charge in [-0.2, -0.15) is 0 Å². The molecule has 0 fully saturated rings. The van der Waals surface area contributed by atoms with Gasteiger partial charge in [0.05, 0.1) is 35.4 Å². The fourth-order valence-electron chi connectivity index (χ4n) is 4.00. The highest BCUT2D eigenvalue weighted by molar-refractivity contribution is 7.94. The van der Waals surface area contributed by atoms with Gasteiger partial charge in [0.15, 0.2) is 0 Å². The van der Waals surface area contributed by atoms with Crippen LogP contribution in [0, 0.1) is 0 Å². The standard InChI is InChI=1S/C29H25N5O5S/c1-3-39-21-8-6-7-19(15-21)26-16-24(23-9-4-5-10-25(23)33-26)29(35)32-20-11-13-22(14-12-20)40(36,37)34-27-17-28(38-2)31-18-30-27/h4-18H,3H2,1-2H3,(H2,30,31,32,34,35)/p-1. The van der Waals surface area contributed by atoms with Crippen molar-refractivity contribution >= 4 is 38.3 Å². The van der Waals surface area contributed by atoms with Crippen molar-refractivity contribution in [1.82, 2.24) is 15.0 Å². The van der Waals surface area contributed by atoms with Crippen LogP contribution in [-0.4, -0.2) is 43.0 Å². The van der Waals surface area contributed by atoms with E-state index in [-0.39, 0.29) is 22.5 Å². The number of nitrogens with one attached hydrogen (secondary N) is 1. The molecule has 0 bridgehead atoms. The number of hydrogen-bond donors (Lipinski definition) is 1. The summed E-state index contributed by atoms with van der Waals surface area (Å²) in [7, 11) is -2.65. The van der Waals surface area contributed by atoms with Crippen molar-refractivity contribution in [2.24, 2.45) is 0 Å².